The van der Waals surface area contributed by atoms with Gasteiger partial charge in [0.25, 0.3) is 0 Å². The van der Waals surface area contributed by atoms with Crippen LogP contribution in [0.4, 0.5) is 0 Å². The van der Waals surface area contributed by atoms with Crippen molar-refractivity contribution in [2.24, 2.45) is 0 Å². The molecule has 2 rings (SSSR count). The van der Waals surface area contributed by atoms with Crippen molar-refractivity contribution in [2.45, 2.75) is 0 Å². The Bertz CT molecular complexity index is 362. The van der Waals surface area contributed by atoms with Crippen LogP contribution >= 0.6 is 0 Å². The summed E-state index contributed by atoms with van der Waals surface area (Å²) >= 11 is 0. The van der Waals surface area contributed by atoms with Crippen molar-refractivity contribution in [1.29, 1.82) is 5.41 Å². The first-order chi connectivity index (χ1) is 4.88. The van der Waals surface area contributed by atoms with Crippen molar-refractivity contribution in [3.8, 4) is 5.82 Å². The lowest BCUT2D eigenvalue weighted by Crippen LogP contribution is -2.09. The SMILES string of the molecule is N=c1cnc2cccon1-2. The van der Waals surface area contributed by atoms with E-state index < -0.39 is 0 Å². The Labute approximate surface area is 56.5 Å². The van der Waals surface area contributed by atoms with E-state index in [1.165, 1.54) is 17.2 Å². The third kappa shape index (κ3) is 0.556. The molecule has 0 amide bonds. The molecule has 10 heavy (non-hydrogen) atoms. The van der Waals surface area contributed by atoms with Gasteiger partial charge in [0.1, 0.15) is 6.26 Å². The minimum absolute atomic E-state index is 0.260. The molecule has 0 aromatic rings. The van der Waals surface area contributed by atoms with Gasteiger partial charge in [-0.2, -0.15) is 0 Å². The highest BCUT2D eigenvalue weighted by Gasteiger charge is 2.01. The summed E-state index contributed by atoms with van der Waals surface area (Å²) in [5.41, 5.74) is 0.260. The molecule has 4 nitrogen and oxygen atoms in total. The van der Waals surface area contributed by atoms with E-state index in [-0.39, 0.29) is 5.49 Å². The van der Waals surface area contributed by atoms with Gasteiger partial charge in [-0.1, -0.05) is 0 Å². The molecule has 4 heteroatoms. The summed E-state index contributed by atoms with van der Waals surface area (Å²) in [5.74, 6) is 0.660. The summed E-state index contributed by atoms with van der Waals surface area (Å²) in [6, 6.07) is 3.52. The Kier molecular flexibility index (Phi) is 0.887. The highest BCUT2D eigenvalue weighted by molar-refractivity contribution is 5.18. The van der Waals surface area contributed by atoms with E-state index in [0.29, 0.717) is 5.82 Å². The first-order valence-electron chi connectivity index (χ1n) is 2.84. The number of rotatable bonds is 0. The summed E-state index contributed by atoms with van der Waals surface area (Å²) in [6.07, 6.45) is 2.95. The summed E-state index contributed by atoms with van der Waals surface area (Å²) in [5, 5.41) is 7.25. The van der Waals surface area contributed by atoms with Crippen molar-refractivity contribution in [3.63, 3.8) is 0 Å². The summed E-state index contributed by atoms with van der Waals surface area (Å²) in [4.78, 5) is 3.90. The van der Waals surface area contributed by atoms with Crippen LogP contribution in [0.15, 0.2) is 29.1 Å². The number of hydrogen-bond donors (Lipinski definition) is 1. The molecule has 0 aromatic carbocycles. The molecule has 50 valence electrons. The van der Waals surface area contributed by atoms with Gasteiger partial charge in [-0.15, -0.1) is 4.74 Å². The minimum Gasteiger partial charge on any atom is -0.379 e. The molecule has 0 unspecified atom stereocenters. The third-order valence-corrected chi connectivity index (χ3v) is 1.24. The fraction of sp³-hybridized carbons (Fsp3) is 0. The van der Waals surface area contributed by atoms with Gasteiger partial charge < -0.3 is 4.52 Å². The molecule has 0 fully saturated rings. The van der Waals surface area contributed by atoms with Gasteiger partial charge in [-0.05, 0) is 12.1 Å². The number of imidazole rings is 1. The fourth-order valence-corrected chi connectivity index (χ4v) is 0.798. The van der Waals surface area contributed by atoms with E-state index in [9.17, 15) is 0 Å². The van der Waals surface area contributed by atoms with Gasteiger partial charge in [0.05, 0.1) is 6.20 Å². The third-order valence-electron chi connectivity index (χ3n) is 1.24. The summed E-state index contributed by atoms with van der Waals surface area (Å²) < 4.78 is 6.30. The van der Waals surface area contributed by atoms with E-state index in [4.69, 9.17) is 9.93 Å². The lowest BCUT2D eigenvalue weighted by molar-refractivity contribution is 0.313. The van der Waals surface area contributed by atoms with Gasteiger partial charge in [-0.3, -0.25) is 5.41 Å². The van der Waals surface area contributed by atoms with Crippen LogP contribution in [-0.2, 0) is 0 Å². The predicted octanol–water partition coefficient (Wildman–Crippen LogP) is 0.383. The highest BCUT2D eigenvalue weighted by atomic mass is 16.5. The molecule has 0 bridgehead atoms. The second-order valence-electron chi connectivity index (χ2n) is 1.90. The number of nitrogens with one attached hydrogen (secondary N) is 1. The summed E-state index contributed by atoms with van der Waals surface area (Å²) in [6.45, 7) is 0. The molecule has 0 saturated heterocycles. The van der Waals surface area contributed by atoms with Crippen LogP contribution in [-0.4, -0.2) is 9.72 Å². The van der Waals surface area contributed by atoms with Gasteiger partial charge in [0.15, 0.2) is 11.3 Å². The first-order valence-corrected chi connectivity index (χ1v) is 2.84. The maximum absolute atomic E-state index is 7.25. The number of nitrogens with zero attached hydrogens (tertiary/aromatic N) is 2. The molecule has 0 radical (unpaired) electrons. The molecule has 0 atom stereocenters. The van der Waals surface area contributed by atoms with Crippen molar-refractivity contribution in [1.82, 2.24) is 9.72 Å². The van der Waals surface area contributed by atoms with Gasteiger partial charge in [-0.25, -0.2) is 4.98 Å². The molecule has 2 heterocycles. The van der Waals surface area contributed by atoms with Crippen LogP contribution in [0, 0.1) is 5.41 Å². The molecule has 2 aliphatic heterocycles. The van der Waals surface area contributed by atoms with E-state index in [1.807, 2.05) is 0 Å². The predicted molar refractivity (Wildman–Crippen MR) is 32.9 cm³/mol. The van der Waals surface area contributed by atoms with Crippen molar-refractivity contribution in [3.05, 3.63) is 30.1 Å². The Morgan fingerprint density at radius 1 is 1.60 bits per heavy atom. The van der Waals surface area contributed by atoms with Crippen LogP contribution in [0.1, 0.15) is 0 Å². The largest absolute Gasteiger partial charge is 0.379 e. The molecule has 0 aromatic heterocycles. The molecular formula is C6H5N3O. The van der Waals surface area contributed by atoms with Gasteiger partial charge >= 0.3 is 0 Å². The lowest BCUT2D eigenvalue weighted by atomic mass is 10.5. The summed E-state index contributed by atoms with van der Waals surface area (Å²) in [7, 11) is 0. The Hall–Kier alpha value is -1.58. The van der Waals surface area contributed by atoms with Gasteiger partial charge in [0.2, 0.25) is 0 Å². The second-order valence-corrected chi connectivity index (χ2v) is 1.90. The highest BCUT2D eigenvalue weighted by Crippen LogP contribution is 1.99. The Morgan fingerprint density at radius 2 is 2.50 bits per heavy atom. The molecule has 2 aliphatic rings. The zero-order valence-electron chi connectivity index (χ0n) is 5.11. The number of aromatic nitrogens is 2. The first kappa shape index (κ1) is 5.22. The average molecular weight is 135 g/mol. The maximum atomic E-state index is 7.25. The quantitative estimate of drug-likeness (QED) is 0.567. The van der Waals surface area contributed by atoms with Crippen LogP contribution in [0.3, 0.4) is 0 Å². The molecule has 0 spiro atoms. The normalized spacial score (nSPS) is 10.4. The number of fused-ring (bicyclic) bond motifs is 1. The molecule has 0 aliphatic carbocycles. The van der Waals surface area contributed by atoms with Crippen LogP contribution in [0.5, 0.6) is 0 Å². The van der Waals surface area contributed by atoms with Crippen LogP contribution < -0.4 is 5.49 Å². The van der Waals surface area contributed by atoms with Crippen molar-refractivity contribution >= 4 is 0 Å². The minimum atomic E-state index is 0.260. The fourth-order valence-electron chi connectivity index (χ4n) is 0.798. The maximum Gasteiger partial charge on any atom is 0.182 e. The van der Waals surface area contributed by atoms with E-state index in [1.54, 1.807) is 12.1 Å². The van der Waals surface area contributed by atoms with Crippen LogP contribution in [0.25, 0.3) is 5.82 Å². The topological polar surface area (TPSA) is 54.8 Å². The average Bonchev–Trinajstić information content (AvgIpc) is 2.34. The number of hydrogen-bond acceptors (Lipinski definition) is 3. The monoisotopic (exact) mass is 135 g/mol. The smallest absolute Gasteiger partial charge is 0.182 e. The Morgan fingerprint density at radius 3 is 3.30 bits per heavy atom. The van der Waals surface area contributed by atoms with Crippen LogP contribution in [0.2, 0.25) is 0 Å². The standard InChI is InChI=1S/C6H5N3O/c7-5-4-8-6-2-1-3-10-9(5)6/h1-4,7H. The zero-order valence-corrected chi connectivity index (χ0v) is 5.11. The van der Waals surface area contributed by atoms with E-state index >= 15 is 0 Å². The molecular weight excluding hydrogens is 130 g/mol. The van der Waals surface area contributed by atoms with E-state index in [2.05, 4.69) is 4.98 Å². The second kappa shape index (κ2) is 1.70. The van der Waals surface area contributed by atoms with Crippen molar-refractivity contribution in [2.75, 3.05) is 0 Å². The zero-order chi connectivity index (χ0) is 6.97. The van der Waals surface area contributed by atoms with E-state index in [0.717, 1.165) is 0 Å². The lowest BCUT2D eigenvalue weighted by Gasteiger charge is -1.95. The molecule has 1 N–H and O–H groups in total. The van der Waals surface area contributed by atoms with Crippen molar-refractivity contribution < 1.29 is 4.52 Å². The molecule has 0 saturated carbocycles. The van der Waals surface area contributed by atoms with Gasteiger partial charge in [0, 0.05) is 0 Å². The Balaban J connectivity index is 2.91.